The summed E-state index contributed by atoms with van der Waals surface area (Å²) >= 11 is 0. The summed E-state index contributed by atoms with van der Waals surface area (Å²) < 4.78 is 10.7. The zero-order valence-corrected chi connectivity index (χ0v) is 17.0. The second-order valence-corrected chi connectivity index (χ2v) is 7.87. The molecule has 1 aromatic heterocycles. The lowest BCUT2D eigenvalue weighted by Gasteiger charge is -2.24. The van der Waals surface area contributed by atoms with E-state index in [1.165, 1.54) is 12.8 Å². The number of rotatable bonds is 9. The van der Waals surface area contributed by atoms with Crippen molar-refractivity contribution in [1.82, 2.24) is 20.3 Å². The molecule has 0 saturated carbocycles. The largest absolute Gasteiger partial charge is 0.376 e. The van der Waals surface area contributed by atoms with Gasteiger partial charge in [-0.1, -0.05) is 5.16 Å². The Morgan fingerprint density at radius 2 is 2.21 bits per heavy atom. The van der Waals surface area contributed by atoms with Crippen molar-refractivity contribution in [3.63, 3.8) is 0 Å². The minimum Gasteiger partial charge on any atom is -0.376 e. The zero-order valence-electron chi connectivity index (χ0n) is 17.0. The molecule has 2 amide bonds. The van der Waals surface area contributed by atoms with Crippen molar-refractivity contribution in [3.8, 4) is 0 Å². The SMILES string of the molecule is Cc1cc(C(=O)N(CCC(=O)NCCC2CCCN2C)CC2CCCO2)no1. The van der Waals surface area contributed by atoms with Crippen molar-refractivity contribution in [1.29, 1.82) is 0 Å². The topological polar surface area (TPSA) is 87.9 Å². The number of nitrogens with one attached hydrogen (secondary N) is 1. The lowest BCUT2D eigenvalue weighted by atomic mass is 10.1. The maximum atomic E-state index is 12.8. The molecule has 2 aliphatic rings. The van der Waals surface area contributed by atoms with Gasteiger partial charge in [-0.05, 0) is 52.6 Å². The Kier molecular flexibility index (Phi) is 7.44. The number of hydrogen-bond acceptors (Lipinski definition) is 6. The smallest absolute Gasteiger partial charge is 0.276 e. The van der Waals surface area contributed by atoms with Gasteiger partial charge in [-0.25, -0.2) is 0 Å². The highest BCUT2D eigenvalue weighted by Gasteiger charge is 2.26. The fraction of sp³-hybridized carbons (Fsp3) is 0.750. The molecule has 0 spiro atoms. The van der Waals surface area contributed by atoms with Crippen LogP contribution in [0.5, 0.6) is 0 Å². The van der Waals surface area contributed by atoms with Gasteiger partial charge in [-0.15, -0.1) is 0 Å². The predicted octanol–water partition coefficient (Wildman–Crippen LogP) is 1.59. The Hall–Kier alpha value is -1.93. The summed E-state index contributed by atoms with van der Waals surface area (Å²) in [6.07, 6.45) is 5.64. The van der Waals surface area contributed by atoms with E-state index in [0.717, 1.165) is 32.4 Å². The number of hydrogen-bond donors (Lipinski definition) is 1. The number of carbonyl (C=O) groups excluding carboxylic acids is 2. The van der Waals surface area contributed by atoms with Crippen molar-refractivity contribution in [2.75, 3.05) is 39.8 Å². The molecule has 1 N–H and O–H groups in total. The minimum absolute atomic E-state index is 0.0258. The van der Waals surface area contributed by atoms with Gasteiger partial charge in [0.2, 0.25) is 5.91 Å². The van der Waals surface area contributed by atoms with E-state index in [-0.39, 0.29) is 30.0 Å². The first kappa shape index (κ1) is 20.8. The van der Waals surface area contributed by atoms with E-state index in [9.17, 15) is 9.59 Å². The van der Waals surface area contributed by atoms with Crippen LogP contribution in [0.25, 0.3) is 0 Å². The normalized spacial score (nSPS) is 22.5. The third kappa shape index (κ3) is 5.78. The average Bonchev–Trinajstić information content (AvgIpc) is 3.42. The Bertz CT molecular complexity index is 656. The van der Waals surface area contributed by atoms with Crippen LogP contribution in [0.1, 0.15) is 54.8 Å². The van der Waals surface area contributed by atoms with Crippen LogP contribution in [-0.4, -0.2) is 78.8 Å². The number of ether oxygens (including phenoxy) is 1. The lowest BCUT2D eigenvalue weighted by Crippen LogP contribution is -2.40. The number of carbonyl (C=O) groups is 2. The van der Waals surface area contributed by atoms with Crippen LogP contribution in [0, 0.1) is 6.92 Å². The van der Waals surface area contributed by atoms with Crippen LogP contribution in [0.4, 0.5) is 0 Å². The molecule has 0 aliphatic carbocycles. The molecule has 2 unspecified atom stereocenters. The molecule has 2 aliphatic heterocycles. The van der Waals surface area contributed by atoms with Crippen molar-refractivity contribution in [2.24, 2.45) is 0 Å². The molecule has 8 nitrogen and oxygen atoms in total. The maximum absolute atomic E-state index is 12.8. The monoisotopic (exact) mass is 392 g/mol. The van der Waals surface area contributed by atoms with Gasteiger partial charge in [0.25, 0.3) is 5.91 Å². The molecule has 1 aromatic rings. The molecule has 2 saturated heterocycles. The van der Waals surface area contributed by atoms with Gasteiger partial charge in [0.05, 0.1) is 6.10 Å². The van der Waals surface area contributed by atoms with E-state index in [1.54, 1.807) is 17.9 Å². The summed E-state index contributed by atoms with van der Waals surface area (Å²) in [5, 5.41) is 6.82. The van der Waals surface area contributed by atoms with Gasteiger partial charge in [-0.2, -0.15) is 0 Å². The maximum Gasteiger partial charge on any atom is 0.276 e. The molecule has 2 fully saturated rings. The van der Waals surface area contributed by atoms with Gasteiger partial charge >= 0.3 is 0 Å². The molecular weight excluding hydrogens is 360 g/mol. The summed E-state index contributed by atoms with van der Waals surface area (Å²) in [7, 11) is 2.14. The zero-order chi connectivity index (χ0) is 19.9. The molecule has 156 valence electrons. The summed E-state index contributed by atoms with van der Waals surface area (Å²) in [5.41, 5.74) is 0.278. The molecule has 8 heteroatoms. The Balaban J connectivity index is 1.47. The van der Waals surface area contributed by atoms with Crippen LogP contribution >= 0.6 is 0 Å². The van der Waals surface area contributed by atoms with Crippen LogP contribution in [-0.2, 0) is 9.53 Å². The molecule has 2 atom stereocenters. The van der Waals surface area contributed by atoms with Crippen LogP contribution in [0.2, 0.25) is 0 Å². The molecule has 3 rings (SSSR count). The third-order valence-corrected chi connectivity index (χ3v) is 5.66. The Morgan fingerprint density at radius 1 is 1.36 bits per heavy atom. The van der Waals surface area contributed by atoms with Crippen LogP contribution in [0.3, 0.4) is 0 Å². The van der Waals surface area contributed by atoms with E-state index in [4.69, 9.17) is 9.26 Å². The van der Waals surface area contributed by atoms with E-state index in [1.807, 2.05) is 0 Å². The Labute approximate surface area is 166 Å². The number of likely N-dealkylation sites (tertiary alicyclic amines) is 1. The highest BCUT2D eigenvalue weighted by molar-refractivity contribution is 5.92. The number of aryl methyl sites for hydroxylation is 1. The highest BCUT2D eigenvalue weighted by atomic mass is 16.5. The second kappa shape index (κ2) is 10.0. The summed E-state index contributed by atoms with van der Waals surface area (Å²) in [6.45, 7) is 5.12. The lowest BCUT2D eigenvalue weighted by molar-refractivity contribution is -0.121. The summed E-state index contributed by atoms with van der Waals surface area (Å²) in [4.78, 5) is 29.1. The van der Waals surface area contributed by atoms with E-state index >= 15 is 0 Å². The predicted molar refractivity (Wildman–Crippen MR) is 104 cm³/mol. The molecular formula is C20H32N4O4. The van der Waals surface area contributed by atoms with Gasteiger partial charge in [0.1, 0.15) is 5.76 Å². The Morgan fingerprint density at radius 3 is 2.86 bits per heavy atom. The summed E-state index contributed by atoms with van der Waals surface area (Å²) in [6, 6.07) is 2.19. The fourth-order valence-electron chi connectivity index (χ4n) is 3.99. The fourth-order valence-corrected chi connectivity index (χ4v) is 3.99. The van der Waals surface area contributed by atoms with Gasteiger partial charge < -0.3 is 24.4 Å². The van der Waals surface area contributed by atoms with Gasteiger partial charge in [0.15, 0.2) is 5.69 Å². The first-order valence-corrected chi connectivity index (χ1v) is 10.3. The third-order valence-electron chi connectivity index (χ3n) is 5.66. The molecule has 28 heavy (non-hydrogen) atoms. The number of aromatic nitrogens is 1. The molecule has 0 aromatic carbocycles. The van der Waals surface area contributed by atoms with Crippen molar-refractivity contribution in [2.45, 2.75) is 57.6 Å². The first-order chi connectivity index (χ1) is 13.5. The van der Waals surface area contributed by atoms with Gasteiger partial charge in [-0.3, -0.25) is 9.59 Å². The standard InChI is InChI=1S/C20H32N4O4/c1-15-13-18(22-28-15)20(26)24(14-17-6-4-12-27-17)11-8-19(25)21-9-7-16-5-3-10-23(16)2/h13,16-17H,3-12,14H2,1-2H3,(H,21,25). The number of amides is 2. The highest BCUT2D eigenvalue weighted by Crippen LogP contribution is 2.17. The summed E-state index contributed by atoms with van der Waals surface area (Å²) in [5.74, 6) is 0.352. The molecule has 0 radical (unpaired) electrons. The van der Waals surface area contributed by atoms with E-state index < -0.39 is 0 Å². The van der Waals surface area contributed by atoms with E-state index in [2.05, 4.69) is 22.4 Å². The average molecular weight is 393 g/mol. The molecule has 0 bridgehead atoms. The number of nitrogens with zero attached hydrogens (tertiary/aromatic N) is 3. The first-order valence-electron chi connectivity index (χ1n) is 10.3. The van der Waals surface area contributed by atoms with Crippen molar-refractivity contribution in [3.05, 3.63) is 17.5 Å². The second-order valence-electron chi connectivity index (χ2n) is 7.87. The quantitative estimate of drug-likeness (QED) is 0.687. The van der Waals surface area contributed by atoms with E-state index in [0.29, 0.717) is 31.4 Å². The molecule has 3 heterocycles. The van der Waals surface area contributed by atoms with Crippen LogP contribution in [0.15, 0.2) is 10.6 Å². The van der Waals surface area contributed by atoms with Crippen molar-refractivity contribution < 1.29 is 18.8 Å². The van der Waals surface area contributed by atoms with Gasteiger partial charge in [0, 0.05) is 44.8 Å². The van der Waals surface area contributed by atoms with Crippen molar-refractivity contribution >= 4 is 11.8 Å². The van der Waals surface area contributed by atoms with Crippen LogP contribution < -0.4 is 5.32 Å². The minimum atomic E-state index is -0.215.